The number of rotatable bonds is 33. The van der Waals surface area contributed by atoms with Gasteiger partial charge >= 0.3 is 0 Å². The van der Waals surface area contributed by atoms with E-state index in [2.05, 4.69) is 92.1 Å². The van der Waals surface area contributed by atoms with E-state index in [-0.39, 0.29) is 12.5 Å². The molecular formula is C45H77NO8. The molecule has 0 aliphatic carbocycles. The molecule has 9 heteroatoms. The largest absolute Gasteiger partial charge is 0.394 e. The van der Waals surface area contributed by atoms with Gasteiger partial charge in [-0.1, -0.05) is 151 Å². The third-order valence-corrected chi connectivity index (χ3v) is 9.57. The minimum atomic E-state index is -1.56. The predicted molar refractivity (Wildman–Crippen MR) is 221 cm³/mol. The molecule has 0 spiro atoms. The normalized spacial score (nSPS) is 22.2. The van der Waals surface area contributed by atoms with Crippen LogP contribution in [0.1, 0.15) is 149 Å². The zero-order chi connectivity index (χ0) is 39.5. The van der Waals surface area contributed by atoms with Crippen molar-refractivity contribution < 1.29 is 39.8 Å². The van der Waals surface area contributed by atoms with Crippen LogP contribution in [0, 0.1) is 0 Å². The van der Waals surface area contributed by atoms with Crippen LogP contribution in [0.4, 0.5) is 0 Å². The van der Waals surface area contributed by atoms with Crippen molar-refractivity contribution in [2.45, 2.75) is 192 Å². The Hall–Kier alpha value is -2.37. The molecule has 1 fully saturated rings. The van der Waals surface area contributed by atoms with Gasteiger partial charge in [0.1, 0.15) is 24.4 Å². The minimum absolute atomic E-state index is 0.151. The minimum Gasteiger partial charge on any atom is -0.394 e. The summed E-state index contributed by atoms with van der Waals surface area (Å²) in [6.45, 7) is 3.61. The monoisotopic (exact) mass is 760 g/mol. The highest BCUT2D eigenvalue weighted by atomic mass is 16.7. The molecule has 6 N–H and O–H groups in total. The number of carbonyl (C=O) groups excluding carboxylic acids is 1. The Morgan fingerprint density at radius 1 is 0.648 bits per heavy atom. The third kappa shape index (κ3) is 25.7. The van der Waals surface area contributed by atoms with E-state index in [1.54, 1.807) is 0 Å². The van der Waals surface area contributed by atoms with Crippen LogP contribution >= 0.6 is 0 Å². The Morgan fingerprint density at radius 2 is 1.15 bits per heavy atom. The number of nitrogens with one attached hydrogen (secondary N) is 1. The topological polar surface area (TPSA) is 149 Å². The molecule has 0 aromatic rings. The van der Waals surface area contributed by atoms with E-state index in [1.807, 2.05) is 0 Å². The van der Waals surface area contributed by atoms with E-state index < -0.39 is 49.5 Å². The first kappa shape index (κ1) is 49.6. The van der Waals surface area contributed by atoms with Crippen LogP contribution < -0.4 is 5.32 Å². The van der Waals surface area contributed by atoms with Gasteiger partial charge in [-0.15, -0.1) is 0 Å². The number of aliphatic hydroxyl groups is 5. The molecule has 310 valence electrons. The van der Waals surface area contributed by atoms with Crippen LogP contribution in [-0.4, -0.2) is 87.5 Å². The molecule has 0 aromatic heterocycles. The number of ether oxygens (including phenoxy) is 2. The first-order valence-electron chi connectivity index (χ1n) is 21.1. The van der Waals surface area contributed by atoms with Gasteiger partial charge in [0.2, 0.25) is 5.91 Å². The van der Waals surface area contributed by atoms with Crippen molar-refractivity contribution in [3.05, 3.63) is 72.9 Å². The summed E-state index contributed by atoms with van der Waals surface area (Å²) in [7, 11) is 0. The van der Waals surface area contributed by atoms with Gasteiger partial charge < -0.3 is 40.3 Å². The molecule has 1 rings (SSSR count). The Bertz CT molecular complexity index is 1070. The van der Waals surface area contributed by atoms with Crippen molar-refractivity contribution in [2.24, 2.45) is 0 Å². The fraction of sp³-hybridized carbons (Fsp3) is 0.711. The van der Waals surface area contributed by atoms with E-state index in [1.165, 1.54) is 12.8 Å². The zero-order valence-electron chi connectivity index (χ0n) is 33.7. The van der Waals surface area contributed by atoms with Gasteiger partial charge in [-0.25, -0.2) is 0 Å². The molecule has 1 amide bonds. The molecule has 7 unspecified atom stereocenters. The maximum atomic E-state index is 12.9. The average Bonchev–Trinajstić information content (AvgIpc) is 3.17. The summed E-state index contributed by atoms with van der Waals surface area (Å²) in [6, 6.07) is -0.727. The molecule has 0 aromatic carbocycles. The van der Waals surface area contributed by atoms with E-state index in [0.29, 0.717) is 12.8 Å². The Kier molecular flexibility index (Phi) is 32.2. The molecule has 0 saturated carbocycles. The lowest BCUT2D eigenvalue weighted by Crippen LogP contribution is -2.60. The quantitative estimate of drug-likeness (QED) is 0.0290. The molecular weight excluding hydrogens is 682 g/mol. The molecule has 9 nitrogen and oxygen atoms in total. The summed E-state index contributed by atoms with van der Waals surface area (Å²) in [5, 5.41) is 53.9. The molecule has 7 atom stereocenters. The Labute approximate surface area is 328 Å². The van der Waals surface area contributed by atoms with Crippen LogP contribution in [0.5, 0.6) is 0 Å². The molecule has 1 aliphatic rings. The van der Waals surface area contributed by atoms with Gasteiger partial charge in [-0.05, 0) is 64.2 Å². The summed E-state index contributed by atoms with van der Waals surface area (Å²) in [6.07, 6.45) is 39.4. The second-order valence-electron chi connectivity index (χ2n) is 14.4. The van der Waals surface area contributed by atoms with E-state index in [9.17, 15) is 30.3 Å². The number of hydrogen-bond donors (Lipinski definition) is 6. The lowest BCUT2D eigenvalue weighted by atomic mass is 9.99. The number of hydrogen-bond acceptors (Lipinski definition) is 8. The molecule has 1 saturated heterocycles. The highest BCUT2D eigenvalue weighted by Crippen LogP contribution is 2.23. The van der Waals surface area contributed by atoms with E-state index in [0.717, 1.165) is 109 Å². The van der Waals surface area contributed by atoms with Gasteiger partial charge in [0, 0.05) is 6.42 Å². The smallest absolute Gasteiger partial charge is 0.220 e. The number of unbranched alkanes of at least 4 members (excludes halogenated alkanes) is 11. The first-order chi connectivity index (χ1) is 26.3. The highest BCUT2D eigenvalue weighted by Gasteiger charge is 2.44. The number of amides is 1. The van der Waals surface area contributed by atoms with Crippen LogP contribution in [0.2, 0.25) is 0 Å². The molecule has 1 aliphatic heterocycles. The fourth-order valence-corrected chi connectivity index (χ4v) is 6.16. The summed E-state index contributed by atoms with van der Waals surface area (Å²) in [5.41, 5.74) is 0. The van der Waals surface area contributed by atoms with Crippen LogP contribution in [0.25, 0.3) is 0 Å². The zero-order valence-corrected chi connectivity index (χ0v) is 33.7. The lowest BCUT2D eigenvalue weighted by molar-refractivity contribution is -0.302. The summed E-state index contributed by atoms with van der Waals surface area (Å²) < 4.78 is 11.2. The maximum Gasteiger partial charge on any atom is 0.220 e. The Balaban J connectivity index is 2.24. The first-order valence-corrected chi connectivity index (χ1v) is 21.1. The predicted octanol–water partition coefficient (Wildman–Crippen LogP) is 8.22. The number of carbonyl (C=O) groups is 1. The maximum absolute atomic E-state index is 12.9. The van der Waals surface area contributed by atoms with E-state index >= 15 is 0 Å². The van der Waals surface area contributed by atoms with Crippen molar-refractivity contribution in [1.82, 2.24) is 5.32 Å². The van der Waals surface area contributed by atoms with Gasteiger partial charge in [0.05, 0.1) is 25.4 Å². The second-order valence-corrected chi connectivity index (χ2v) is 14.4. The highest BCUT2D eigenvalue weighted by molar-refractivity contribution is 5.76. The van der Waals surface area contributed by atoms with Gasteiger partial charge in [-0.2, -0.15) is 0 Å². The summed E-state index contributed by atoms with van der Waals surface area (Å²) in [5.74, 6) is -0.169. The number of allylic oxidation sites excluding steroid dienone is 12. The van der Waals surface area contributed by atoms with Crippen molar-refractivity contribution in [1.29, 1.82) is 0 Å². The van der Waals surface area contributed by atoms with Crippen molar-refractivity contribution in [2.75, 3.05) is 13.2 Å². The van der Waals surface area contributed by atoms with Crippen LogP contribution in [0.15, 0.2) is 72.9 Å². The van der Waals surface area contributed by atoms with Crippen LogP contribution in [-0.2, 0) is 14.3 Å². The average molecular weight is 760 g/mol. The molecule has 0 radical (unpaired) electrons. The summed E-state index contributed by atoms with van der Waals surface area (Å²) in [4.78, 5) is 12.9. The van der Waals surface area contributed by atoms with E-state index in [4.69, 9.17) is 9.47 Å². The molecule has 0 bridgehead atoms. The Morgan fingerprint density at radius 3 is 1.70 bits per heavy atom. The van der Waals surface area contributed by atoms with Gasteiger partial charge in [-0.3, -0.25) is 4.79 Å². The lowest BCUT2D eigenvalue weighted by Gasteiger charge is -2.40. The number of aliphatic hydroxyl groups excluding tert-OH is 5. The van der Waals surface area contributed by atoms with Crippen molar-refractivity contribution in [3.63, 3.8) is 0 Å². The summed E-state index contributed by atoms with van der Waals surface area (Å²) >= 11 is 0. The SMILES string of the molecule is CC/C=C\C/C=C\C/C=C\C/C=C\C/C=C\C/C=C\CCCCCCCCC(=O)NC(COC1OC(CO)C(O)C(O)C1O)C(O)CCCCCCCC. The standard InChI is InChI=1S/C45H77NO8/c1-3-5-7-9-11-12-13-14-15-16-17-18-19-20-21-22-23-24-25-26-27-28-29-31-33-35-41(49)46-38(39(48)34-32-30-10-8-6-4-2)37-53-45-44(52)43(51)42(50)40(36-47)54-45/h5,7,11-12,14-15,17-18,20-21,23-24,38-40,42-45,47-48,50-52H,3-4,6,8-10,13,16,19,22,25-37H2,1-2H3,(H,46,49)/b7-5-,12-11-,15-14-,18-17-,21-20-,24-23-. The molecule has 1 heterocycles. The van der Waals surface area contributed by atoms with Gasteiger partial charge in [0.25, 0.3) is 0 Å². The van der Waals surface area contributed by atoms with Crippen molar-refractivity contribution >= 4 is 5.91 Å². The van der Waals surface area contributed by atoms with Gasteiger partial charge in [0.15, 0.2) is 6.29 Å². The second kappa shape index (κ2) is 35.1. The third-order valence-electron chi connectivity index (χ3n) is 9.57. The van der Waals surface area contributed by atoms with Crippen molar-refractivity contribution in [3.8, 4) is 0 Å². The fourth-order valence-electron chi connectivity index (χ4n) is 6.16. The molecule has 54 heavy (non-hydrogen) atoms. The van der Waals surface area contributed by atoms with Crippen LogP contribution in [0.3, 0.4) is 0 Å².